The highest BCUT2D eigenvalue weighted by molar-refractivity contribution is 6.30. The van der Waals surface area contributed by atoms with Crippen LogP contribution in [0.15, 0.2) is 54.6 Å². The van der Waals surface area contributed by atoms with Crippen LogP contribution in [-0.4, -0.2) is 21.0 Å². The average molecular weight is 429 g/mol. The number of aromatic nitrogens is 1. The summed E-state index contributed by atoms with van der Waals surface area (Å²) in [5.41, 5.74) is -1.39. The summed E-state index contributed by atoms with van der Waals surface area (Å²) in [5, 5.41) is 21.3. The highest BCUT2D eigenvalue weighted by Crippen LogP contribution is 2.39. The lowest BCUT2D eigenvalue weighted by atomic mass is 10.1. The molecule has 0 saturated carbocycles. The van der Waals surface area contributed by atoms with Crippen LogP contribution in [0.3, 0.4) is 0 Å². The van der Waals surface area contributed by atoms with Crippen LogP contribution in [0.5, 0.6) is 23.3 Å². The lowest BCUT2D eigenvalue weighted by Crippen LogP contribution is -2.24. The Labute approximate surface area is 166 Å². The fourth-order valence-corrected chi connectivity index (χ4v) is 2.39. The van der Waals surface area contributed by atoms with E-state index in [1.165, 1.54) is 24.3 Å². The van der Waals surface area contributed by atoms with E-state index in [-0.39, 0.29) is 11.4 Å². The van der Waals surface area contributed by atoms with E-state index in [2.05, 4.69) is 10.2 Å². The summed E-state index contributed by atoms with van der Waals surface area (Å²) in [6.45, 7) is 0. The van der Waals surface area contributed by atoms with Gasteiger partial charge in [0.05, 0.1) is 0 Å². The smallest absolute Gasteiger partial charge is 0.436 e. The van der Waals surface area contributed by atoms with Crippen LogP contribution >= 0.6 is 11.6 Å². The monoisotopic (exact) mass is 428 g/mol. The van der Waals surface area contributed by atoms with Crippen LogP contribution in [0.4, 0.5) is 23.7 Å². The number of anilines is 1. The Morgan fingerprint density at radius 2 is 1.62 bits per heavy atom. The van der Waals surface area contributed by atoms with E-state index in [1.807, 2.05) is 0 Å². The summed E-state index contributed by atoms with van der Waals surface area (Å²) in [4.78, 5) is 16.5. The van der Waals surface area contributed by atoms with Gasteiger partial charge in [0.15, 0.2) is 0 Å². The molecule has 7 nitrogen and oxygen atoms in total. The van der Waals surface area contributed by atoms with Gasteiger partial charge >= 0.3 is 12.3 Å². The van der Waals surface area contributed by atoms with E-state index in [0.717, 1.165) is 24.3 Å². The molecule has 1 heterocycles. The zero-order chi connectivity index (χ0) is 21.2. The van der Waals surface area contributed by atoms with Crippen molar-refractivity contribution in [3.8, 4) is 23.3 Å². The number of nitrogens with zero attached hydrogens (tertiary/aromatic N) is 1. The lowest BCUT2D eigenvalue weighted by Gasteiger charge is -2.16. The molecular formula is C18H12ClF3N2O5. The van der Waals surface area contributed by atoms with Crippen molar-refractivity contribution in [1.82, 2.24) is 4.73 Å². The van der Waals surface area contributed by atoms with Gasteiger partial charge in [-0.25, -0.2) is 4.79 Å². The first-order valence-electron chi connectivity index (χ1n) is 7.87. The van der Waals surface area contributed by atoms with E-state index >= 15 is 0 Å². The van der Waals surface area contributed by atoms with Crippen molar-refractivity contribution in [1.29, 1.82) is 0 Å². The maximum atomic E-state index is 13.4. The van der Waals surface area contributed by atoms with Crippen LogP contribution in [0.2, 0.25) is 5.02 Å². The number of halogens is 4. The van der Waals surface area contributed by atoms with Crippen molar-refractivity contribution < 1.29 is 37.8 Å². The molecule has 0 aliphatic carbocycles. The number of alkyl halides is 3. The van der Waals surface area contributed by atoms with Gasteiger partial charge in [0.2, 0.25) is 11.8 Å². The molecule has 152 valence electrons. The number of hydrogen-bond acceptors (Lipinski definition) is 5. The third kappa shape index (κ3) is 4.85. The fraction of sp³-hybridized carbons (Fsp3) is 0.0556. The zero-order valence-electron chi connectivity index (χ0n) is 14.3. The molecular weight excluding hydrogens is 417 g/mol. The highest BCUT2D eigenvalue weighted by atomic mass is 35.5. The highest BCUT2D eigenvalue weighted by Gasteiger charge is 2.35. The summed E-state index contributed by atoms with van der Waals surface area (Å²) in [6, 6.07) is 10.7. The summed E-state index contributed by atoms with van der Waals surface area (Å²) < 4.78 is 45.9. The van der Waals surface area contributed by atoms with Gasteiger partial charge in [-0.1, -0.05) is 11.6 Å². The molecule has 0 atom stereocenters. The number of aromatic hydroxyl groups is 2. The minimum Gasteiger partial charge on any atom is -0.492 e. The topological polar surface area (TPSA) is 93.0 Å². The second kappa shape index (κ2) is 7.84. The Kier molecular flexibility index (Phi) is 5.46. The molecule has 11 heteroatoms. The second-order valence-corrected chi connectivity index (χ2v) is 6.05. The molecule has 0 spiro atoms. The van der Waals surface area contributed by atoms with E-state index in [4.69, 9.17) is 16.3 Å². The Balaban J connectivity index is 1.81. The molecule has 1 amide bonds. The first kappa shape index (κ1) is 20.2. The molecule has 1 aromatic heterocycles. The molecule has 3 N–H and O–H groups in total. The summed E-state index contributed by atoms with van der Waals surface area (Å²) >= 11 is 5.74. The number of carbonyl (C=O) groups excluding carboxylic acids is 1. The minimum atomic E-state index is -4.78. The molecule has 0 unspecified atom stereocenters. The van der Waals surface area contributed by atoms with Crippen LogP contribution in [0, 0.1) is 0 Å². The first-order valence-corrected chi connectivity index (χ1v) is 8.25. The zero-order valence-corrected chi connectivity index (χ0v) is 15.0. The summed E-state index contributed by atoms with van der Waals surface area (Å²) in [5.74, 6) is -1.52. The molecule has 0 radical (unpaired) electrons. The van der Waals surface area contributed by atoms with E-state index in [1.54, 1.807) is 0 Å². The summed E-state index contributed by atoms with van der Waals surface area (Å²) in [6.07, 6.45) is -6.02. The van der Waals surface area contributed by atoms with Gasteiger partial charge in [-0.3, -0.25) is 5.32 Å². The van der Waals surface area contributed by atoms with Gasteiger partial charge in [-0.15, -0.1) is 4.73 Å². The molecule has 0 saturated heterocycles. The predicted octanol–water partition coefficient (Wildman–Crippen LogP) is 5.02. The molecule has 29 heavy (non-hydrogen) atoms. The normalized spacial score (nSPS) is 11.2. The van der Waals surface area contributed by atoms with Crippen LogP contribution in [-0.2, 0) is 6.18 Å². The molecule has 0 bridgehead atoms. The Bertz CT molecular complexity index is 1020. The number of benzene rings is 2. The van der Waals surface area contributed by atoms with Crippen molar-refractivity contribution >= 4 is 23.4 Å². The SMILES string of the molecule is O=C(Nc1ccc(Oc2ccc(Cl)cc2)c(C(F)(F)F)c1)On1c(O)ccc1O. The van der Waals surface area contributed by atoms with Gasteiger partial charge < -0.3 is 19.8 Å². The molecule has 0 aliphatic heterocycles. The van der Waals surface area contributed by atoms with Gasteiger partial charge in [0.1, 0.15) is 17.1 Å². The second-order valence-electron chi connectivity index (χ2n) is 5.61. The van der Waals surface area contributed by atoms with Crippen molar-refractivity contribution in [3.63, 3.8) is 0 Å². The molecule has 2 aromatic carbocycles. The maximum Gasteiger partial charge on any atom is 0.436 e. The molecule has 0 fully saturated rings. The molecule has 3 aromatic rings. The third-order valence-electron chi connectivity index (χ3n) is 3.54. The Morgan fingerprint density at radius 3 is 2.21 bits per heavy atom. The standard InChI is InChI=1S/C18H12ClF3N2O5/c19-10-1-4-12(5-2-10)28-14-6-3-11(9-13(14)18(20,21)22)23-17(27)29-24-15(25)7-8-16(24)26/h1-9,25-26H,(H,23,27). The largest absolute Gasteiger partial charge is 0.492 e. The van der Waals surface area contributed by atoms with Crippen molar-refractivity contribution in [3.05, 3.63) is 65.2 Å². The van der Waals surface area contributed by atoms with Crippen molar-refractivity contribution in [2.24, 2.45) is 0 Å². The average Bonchev–Trinajstić information content (AvgIpc) is 2.96. The first-order chi connectivity index (χ1) is 13.6. The number of rotatable bonds is 4. The number of hydrogen-bond donors (Lipinski definition) is 3. The number of amides is 1. The van der Waals surface area contributed by atoms with Gasteiger partial charge in [-0.05, 0) is 42.5 Å². The quantitative estimate of drug-likeness (QED) is 0.542. The Hall–Kier alpha value is -3.53. The lowest BCUT2D eigenvalue weighted by molar-refractivity contribution is -0.138. The van der Waals surface area contributed by atoms with Gasteiger partial charge in [-0.2, -0.15) is 13.2 Å². The maximum absolute atomic E-state index is 13.4. The summed E-state index contributed by atoms with van der Waals surface area (Å²) in [7, 11) is 0. The molecule has 0 aliphatic rings. The fourth-order valence-electron chi connectivity index (χ4n) is 2.27. The number of ether oxygens (including phenoxy) is 1. The van der Waals surface area contributed by atoms with Crippen LogP contribution in [0.1, 0.15) is 5.56 Å². The predicted molar refractivity (Wildman–Crippen MR) is 96.3 cm³/mol. The molecule has 3 rings (SSSR count). The van der Waals surface area contributed by atoms with Crippen LogP contribution in [0.25, 0.3) is 0 Å². The van der Waals surface area contributed by atoms with Crippen molar-refractivity contribution in [2.45, 2.75) is 6.18 Å². The van der Waals surface area contributed by atoms with Crippen molar-refractivity contribution in [2.75, 3.05) is 5.32 Å². The van der Waals surface area contributed by atoms with Gasteiger partial charge in [0, 0.05) is 22.8 Å². The minimum absolute atomic E-state index is 0.138. The number of carbonyl (C=O) groups is 1. The van der Waals surface area contributed by atoms with Crippen LogP contribution < -0.4 is 14.9 Å². The third-order valence-corrected chi connectivity index (χ3v) is 3.80. The number of nitrogens with one attached hydrogen (secondary N) is 1. The Morgan fingerprint density at radius 1 is 1.00 bits per heavy atom. The van der Waals surface area contributed by atoms with E-state index < -0.39 is 35.3 Å². The van der Waals surface area contributed by atoms with E-state index in [0.29, 0.717) is 15.8 Å². The van der Waals surface area contributed by atoms with E-state index in [9.17, 15) is 28.2 Å². The van der Waals surface area contributed by atoms with Gasteiger partial charge in [0.25, 0.3) is 0 Å².